The van der Waals surface area contributed by atoms with Crippen LogP contribution in [0, 0.1) is 0 Å². The van der Waals surface area contributed by atoms with Crippen LogP contribution in [-0.4, -0.2) is 25.4 Å². The Kier molecular flexibility index (Phi) is 5.56. The number of anilines is 1. The zero-order valence-electron chi connectivity index (χ0n) is 15.5. The first-order valence-corrected chi connectivity index (χ1v) is 8.01. The van der Waals surface area contributed by atoms with Gasteiger partial charge in [0.2, 0.25) is 0 Å². The minimum Gasteiger partial charge on any atom is -0.493 e. The molecule has 1 heterocycles. The topological polar surface area (TPSA) is 85.6 Å². The van der Waals surface area contributed by atoms with Crippen molar-refractivity contribution in [3.8, 4) is 11.5 Å². The van der Waals surface area contributed by atoms with Crippen molar-refractivity contribution in [3.63, 3.8) is 0 Å². The highest BCUT2D eigenvalue weighted by Gasteiger charge is 2.20. The Hall–Kier alpha value is -2.70. The summed E-state index contributed by atoms with van der Waals surface area (Å²) in [6.45, 7) is 7.91. The molecule has 1 atom stereocenters. The van der Waals surface area contributed by atoms with Crippen molar-refractivity contribution in [1.82, 2.24) is 10.5 Å². The summed E-state index contributed by atoms with van der Waals surface area (Å²) in [5, 5.41) is 9.40. The molecule has 1 aromatic carbocycles. The van der Waals surface area contributed by atoms with Gasteiger partial charge in [0.1, 0.15) is 5.76 Å². The molecule has 2 aromatic rings. The summed E-state index contributed by atoms with van der Waals surface area (Å²) in [5.41, 5.74) is 0.722. The molecule has 0 aliphatic heterocycles. The summed E-state index contributed by atoms with van der Waals surface area (Å²) in [7, 11) is 3.15. The fourth-order valence-electron chi connectivity index (χ4n) is 2.24. The third-order valence-electron chi connectivity index (χ3n) is 3.75. The number of benzene rings is 1. The molecule has 0 saturated heterocycles. The number of carbonyl (C=O) groups is 1. The molecular formula is C18H25N3O4. The number of rotatable bonds is 5. The second kappa shape index (κ2) is 7.46. The van der Waals surface area contributed by atoms with Crippen molar-refractivity contribution < 1.29 is 18.8 Å². The van der Waals surface area contributed by atoms with Crippen molar-refractivity contribution in [2.45, 2.75) is 39.2 Å². The van der Waals surface area contributed by atoms with Gasteiger partial charge in [0, 0.05) is 11.5 Å². The molecule has 2 N–H and O–H groups in total. The van der Waals surface area contributed by atoms with E-state index in [-0.39, 0.29) is 17.5 Å². The van der Waals surface area contributed by atoms with E-state index in [4.69, 9.17) is 14.0 Å². The average molecular weight is 347 g/mol. The van der Waals surface area contributed by atoms with Gasteiger partial charge in [-0.2, -0.15) is 0 Å². The maximum Gasteiger partial charge on any atom is 0.320 e. The second-order valence-electron chi connectivity index (χ2n) is 6.76. The molecule has 1 aromatic heterocycles. The van der Waals surface area contributed by atoms with Crippen LogP contribution >= 0.6 is 0 Å². The normalized spacial score (nSPS) is 12.4. The molecule has 0 fully saturated rings. The predicted molar refractivity (Wildman–Crippen MR) is 95.3 cm³/mol. The second-order valence-corrected chi connectivity index (χ2v) is 6.76. The average Bonchev–Trinajstić information content (AvgIpc) is 3.02. The molecule has 0 saturated carbocycles. The van der Waals surface area contributed by atoms with Gasteiger partial charge < -0.3 is 19.3 Å². The Labute approximate surface area is 147 Å². The van der Waals surface area contributed by atoms with E-state index in [0.717, 1.165) is 5.56 Å². The molecule has 2 rings (SSSR count). The number of aromatic nitrogens is 1. The maximum absolute atomic E-state index is 12.2. The number of methoxy groups -OCH3 is 2. The molecule has 0 bridgehead atoms. The lowest BCUT2D eigenvalue weighted by atomic mass is 9.93. The molecule has 0 aliphatic carbocycles. The lowest BCUT2D eigenvalue weighted by Crippen LogP contribution is -2.31. The lowest BCUT2D eigenvalue weighted by molar-refractivity contribution is 0.249. The highest BCUT2D eigenvalue weighted by Crippen LogP contribution is 2.30. The molecule has 1 unspecified atom stereocenters. The van der Waals surface area contributed by atoms with Crippen molar-refractivity contribution in [1.29, 1.82) is 0 Å². The third-order valence-corrected chi connectivity index (χ3v) is 3.75. The Balaban J connectivity index is 2.01. The lowest BCUT2D eigenvalue weighted by Gasteiger charge is -2.16. The number of nitrogens with zero attached hydrogens (tertiary/aromatic N) is 1. The van der Waals surface area contributed by atoms with E-state index in [9.17, 15) is 4.79 Å². The number of hydrogen-bond acceptors (Lipinski definition) is 5. The van der Waals surface area contributed by atoms with E-state index in [1.165, 1.54) is 0 Å². The van der Waals surface area contributed by atoms with Crippen molar-refractivity contribution >= 4 is 11.8 Å². The largest absolute Gasteiger partial charge is 0.493 e. The quantitative estimate of drug-likeness (QED) is 0.857. The molecule has 0 radical (unpaired) electrons. The number of urea groups is 1. The molecule has 25 heavy (non-hydrogen) atoms. The minimum atomic E-state index is -0.365. The molecule has 0 aliphatic rings. The van der Waals surface area contributed by atoms with Crippen LogP contribution in [0.5, 0.6) is 11.5 Å². The first-order valence-electron chi connectivity index (χ1n) is 8.01. The van der Waals surface area contributed by atoms with E-state index < -0.39 is 0 Å². The summed E-state index contributed by atoms with van der Waals surface area (Å²) in [5.74, 6) is 2.33. The number of hydrogen-bond donors (Lipinski definition) is 2. The highest BCUT2D eigenvalue weighted by molar-refractivity contribution is 5.88. The van der Waals surface area contributed by atoms with Crippen LogP contribution in [0.25, 0.3) is 0 Å². The van der Waals surface area contributed by atoms with Crippen LogP contribution in [0.3, 0.4) is 0 Å². The summed E-state index contributed by atoms with van der Waals surface area (Å²) < 4.78 is 15.8. The van der Waals surface area contributed by atoms with Crippen molar-refractivity contribution in [2.24, 2.45) is 0 Å². The van der Waals surface area contributed by atoms with Gasteiger partial charge in [0.05, 0.1) is 20.3 Å². The van der Waals surface area contributed by atoms with Gasteiger partial charge in [0.25, 0.3) is 0 Å². The van der Waals surface area contributed by atoms with Gasteiger partial charge in [-0.3, -0.25) is 5.32 Å². The highest BCUT2D eigenvalue weighted by atomic mass is 16.5. The van der Waals surface area contributed by atoms with Crippen LogP contribution in [0.15, 0.2) is 28.8 Å². The minimum absolute atomic E-state index is 0.170. The van der Waals surface area contributed by atoms with E-state index >= 15 is 0 Å². The monoisotopic (exact) mass is 347 g/mol. The molecule has 7 nitrogen and oxygen atoms in total. The third kappa shape index (κ3) is 4.65. The van der Waals surface area contributed by atoms with Gasteiger partial charge >= 0.3 is 6.03 Å². The zero-order valence-corrected chi connectivity index (χ0v) is 15.5. The SMILES string of the molecule is COc1ccc(C(C)NC(=O)Nc2cc(C(C)(C)C)on2)cc1OC. The first kappa shape index (κ1) is 18.6. The molecule has 136 valence electrons. The first-order chi connectivity index (χ1) is 11.7. The Morgan fingerprint density at radius 2 is 1.84 bits per heavy atom. The number of nitrogens with one attached hydrogen (secondary N) is 2. The summed E-state index contributed by atoms with van der Waals surface area (Å²) in [6.07, 6.45) is 0. The summed E-state index contributed by atoms with van der Waals surface area (Å²) in [6, 6.07) is 6.64. The fourth-order valence-corrected chi connectivity index (χ4v) is 2.24. The van der Waals surface area contributed by atoms with Gasteiger partial charge in [0.15, 0.2) is 17.3 Å². The molecule has 7 heteroatoms. The van der Waals surface area contributed by atoms with Gasteiger partial charge in [-0.1, -0.05) is 32.0 Å². The van der Waals surface area contributed by atoms with Crippen molar-refractivity contribution in [3.05, 3.63) is 35.6 Å². The Morgan fingerprint density at radius 1 is 1.16 bits per heavy atom. The van der Waals surface area contributed by atoms with E-state index in [1.54, 1.807) is 26.4 Å². The van der Waals surface area contributed by atoms with Gasteiger partial charge in [-0.05, 0) is 24.6 Å². The maximum atomic E-state index is 12.2. The summed E-state index contributed by atoms with van der Waals surface area (Å²) in [4.78, 5) is 12.2. The number of ether oxygens (including phenoxy) is 2. The van der Waals surface area contributed by atoms with Crippen LogP contribution in [-0.2, 0) is 5.41 Å². The molecular weight excluding hydrogens is 322 g/mol. The van der Waals surface area contributed by atoms with E-state index in [2.05, 4.69) is 15.8 Å². The predicted octanol–water partition coefficient (Wildman–Crippen LogP) is 3.87. The van der Waals surface area contributed by atoms with Gasteiger partial charge in [-0.15, -0.1) is 0 Å². The smallest absolute Gasteiger partial charge is 0.320 e. The standard InChI is InChI=1S/C18H25N3O4/c1-11(12-7-8-13(23-5)14(9-12)24-6)19-17(22)20-16-10-15(25-21-16)18(2,3)4/h7-11H,1-6H3,(H2,19,20,21,22). The summed E-state index contributed by atoms with van der Waals surface area (Å²) >= 11 is 0. The van der Waals surface area contributed by atoms with Crippen LogP contribution in [0.4, 0.5) is 10.6 Å². The Morgan fingerprint density at radius 3 is 2.40 bits per heavy atom. The molecule has 2 amide bonds. The zero-order chi connectivity index (χ0) is 18.6. The fraction of sp³-hybridized carbons (Fsp3) is 0.444. The van der Waals surface area contributed by atoms with Crippen molar-refractivity contribution in [2.75, 3.05) is 19.5 Å². The van der Waals surface area contributed by atoms with Crippen LogP contribution in [0.1, 0.15) is 45.1 Å². The van der Waals surface area contributed by atoms with E-state index in [1.807, 2.05) is 39.8 Å². The van der Waals surface area contributed by atoms with Gasteiger partial charge in [-0.25, -0.2) is 4.79 Å². The number of carbonyl (C=O) groups excluding carboxylic acids is 1. The van der Waals surface area contributed by atoms with E-state index in [0.29, 0.717) is 23.1 Å². The Bertz CT molecular complexity index is 734. The molecule has 0 spiro atoms. The van der Waals surface area contributed by atoms with Crippen LogP contribution in [0.2, 0.25) is 0 Å². The van der Waals surface area contributed by atoms with Crippen LogP contribution < -0.4 is 20.1 Å². The number of amides is 2.